The maximum Gasteiger partial charge on any atom is 0.502 e. The van der Waals surface area contributed by atoms with Crippen LogP contribution < -0.4 is 0 Å². The molecule has 0 aliphatic rings. The molecule has 0 aliphatic carbocycles. The molecule has 0 aliphatic heterocycles. The number of aliphatic hydroxyl groups is 2. The molecular formula is C3H6N2O6. The summed E-state index contributed by atoms with van der Waals surface area (Å²) in [4.78, 5) is 17.3. The molecule has 0 aromatic heterocycles. The van der Waals surface area contributed by atoms with Crippen LogP contribution in [-0.4, -0.2) is 38.9 Å². The Bertz CT molecular complexity index is 159. The molecule has 0 fully saturated rings. The SMILES string of the molecule is O=[N+]([O-])C(CO)(CO)[N+](=O)[O-]. The number of hydrogen-bond donors (Lipinski definition) is 2. The fourth-order valence-corrected chi connectivity index (χ4v) is 0.348. The van der Waals surface area contributed by atoms with E-state index in [-0.39, 0.29) is 0 Å². The van der Waals surface area contributed by atoms with Gasteiger partial charge in [-0.3, -0.25) is 20.2 Å². The number of hydrogen-bond acceptors (Lipinski definition) is 6. The van der Waals surface area contributed by atoms with E-state index in [0.29, 0.717) is 0 Å². The van der Waals surface area contributed by atoms with E-state index in [1.807, 2.05) is 0 Å². The maximum absolute atomic E-state index is 9.97. The maximum atomic E-state index is 9.97. The van der Waals surface area contributed by atoms with Crippen LogP contribution in [0.1, 0.15) is 0 Å². The molecule has 0 aromatic rings. The van der Waals surface area contributed by atoms with Crippen molar-refractivity contribution in [2.75, 3.05) is 13.2 Å². The molecule has 8 heteroatoms. The van der Waals surface area contributed by atoms with Gasteiger partial charge in [0, 0.05) is 0 Å². The van der Waals surface area contributed by atoms with E-state index in [1.165, 1.54) is 0 Å². The largest absolute Gasteiger partial charge is 0.502 e. The molecule has 0 aromatic carbocycles. The van der Waals surface area contributed by atoms with Gasteiger partial charge >= 0.3 is 5.66 Å². The number of nitro groups is 2. The van der Waals surface area contributed by atoms with E-state index in [1.54, 1.807) is 0 Å². The summed E-state index contributed by atoms with van der Waals surface area (Å²) in [5.74, 6) is 0. The molecule has 0 radical (unpaired) electrons. The third-order valence-electron chi connectivity index (χ3n) is 1.19. The van der Waals surface area contributed by atoms with Crippen LogP contribution in [0.15, 0.2) is 0 Å². The van der Waals surface area contributed by atoms with Crippen LogP contribution in [0.25, 0.3) is 0 Å². The van der Waals surface area contributed by atoms with Crippen LogP contribution in [0, 0.1) is 20.2 Å². The predicted octanol–water partition coefficient (Wildman–Crippen LogP) is -1.78. The summed E-state index contributed by atoms with van der Waals surface area (Å²) >= 11 is 0. The average Bonchev–Trinajstić information content (AvgIpc) is 1.90. The lowest BCUT2D eigenvalue weighted by Gasteiger charge is -2.10. The zero-order valence-electron chi connectivity index (χ0n) is 5.34. The fourth-order valence-electron chi connectivity index (χ4n) is 0.348. The number of rotatable bonds is 4. The van der Waals surface area contributed by atoms with Crippen LogP contribution in [0.2, 0.25) is 0 Å². The summed E-state index contributed by atoms with van der Waals surface area (Å²) in [5, 5.41) is 36.5. The zero-order chi connectivity index (χ0) is 9.07. The minimum atomic E-state index is -2.86. The molecule has 0 atom stereocenters. The normalized spacial score (nSPS) is 11.1. The Balaban J connectivity index is 4.76. The molecule has 0 saturated heterocycles. The lowest BCUT2D eigenvalue weighted by molar-refractivity contribution is -0.800. The highest BCUT2D eigenvalue weighted by Crippen LogP contribution is 2.08. The molecule has 0 rings (SSSR count). The van der Waals surface area contributed by atoms with Crippen LogP contribution in [0.4, 0.5) is 0 Å². The van der Waals surface area contributed by atoms with Gasteiger partial charge in [0.25, 0.3) is 0 Å². The van der Waals surface area contributed by atoms with Crippen LogP contribution in [0.3, 0.4) is 0 Å². The molecule has 2 N–H and O–H groups in total. The first-order chi connectivity index (χ1) is 5.01. The van der Waals surface area contributed by atoms with Crippen molar-refractivity contribution in [3.8, 4) is 0 Å². The topological polar surface area (TPSA) is 127 Å². The second-order valence-electron chi connectivity index (χ2n) is 1.81. The summed E-state index contributed by atoms with van der Waals surface area (Å²) in [6, 6.07) is 0. The van der Waals surface area contributed by atoms with Gasteiger partial charge in [-0.15, -0.1) is 0 Å². The van der Waals surface area contributed by atoms with Crippen molar-refractivity contribution >= 4 is 0 Å². The first-order valence-electron chi connectivity index (χ1n) is 2.52. The Hall–Kier alpha value is -1.28. The Morgan fingerprint density at radius 1 is 1.09 bits per heavy atom. The molecule has 0 amide bonds. The second-order valence-corrected chi connectivity index (χ2v) is 1.81. The van der Waals surface area contributed by atoms with Gasteiger partial charge < -0.3 is 10.2 Å². The van der Waals surface area contributed by atoms with Crippen molar-refractivity contribution in [2.45, 2.75) is 5.66 Å². The molecule has 11 heavy (non-hydrogen) atoms. The lowest BCUT2D eigenvalue weighted by Crippen LogP contribution is -2.52. The van der Waals surface area contributed by atoms with Gasteiger partial charge in [0.2, 0.25) is 0 Å². The highest BCUT2D eigenvalue weighted by atomic mass is 16.7. The van der Waals surface area contributed by atoms with Gasteiger partial charge in [-0.05, 0) is 0 Å². The standard InChI is InChI=1S/C3H6N2O6/c6-1-3(2-7,4(8)9)5(10)11/h6-7H,1-2H2. The molecule has 0 heterocycles. The van der Waals surface area contributed by atoms with E-state index in [4.69, 9.17) is 10.2 Å². The van der Waals surface area contributed by atoms with E-state index < -0.39 is 28.7 Å². The summed E-state index contributed by atoms with van der Waals surface area (Å²) in [5.41, 5.74) is -2.86. The van der Waals surface area contributed by atoms with E-state index in [0.717, 1.165) is 0 Å². The first-order valence-corrected chi connectivity index (χ1v) is 2.52. The first kappa shape index (κ1) is 9.72. The van der Waals surface area contributed by atoms with Gasteiger partial charge in [-0.1, -0.05) is 0 Å². The van der Waals surface area contributed by atoms with E-state index in [2.05, 4.69) is 0 Å². The molecule has 0 unspecified atom stereocenters. The van der Waals surface area contributed by atoms with Gasteiger partial charge in [-0.25, -0.2) is 0 Å². The van der Waals surface area contributed by atoms with E-state index >= 15 is 0 Å². The van der Waals surface area contributed by atoms with E-state index in [9.17, 15) is 20.2 Å². The number of aliphatic hydroxyl groups excluding tert-OH is 2. The summed E-state index contributed by atoms with van der Waals surface area (Å²) in [6.07, 6.45) is 0. The predicted molar refractivity (Wildman–Crippen MR) is 30.9 cm³/mol. The van der Waals surface area contributed by atoms with Crippen molar-refractivity contribution in [1.29, 1.82) is 0 Å². The highest BCUT2D eigenvalue weighted by molar-refractivity contribution is 4.62. The second kappa shape index (κ2) is 3.21. The van der Waals surface area contributed by atoms with Gasteiger partial charge in [0.1, 0.15) is 9.85 Å². The Kier molecular flexibility index (Phi) is 2.84. The molecule has 0 saturated carbocycles. The third kappa shape index (κ3) is 1.41. The minimum absolute atomic E-state index is 1.33. The summed E-state index contributed by atoms with van der Waals surface area (Å²) in [7, 11) is 0. The molecule has 0 spiro atoms. The van der Waals surface area contributed by atoms with Gasteiger partial charge in [0.05, 0.1) is 0 Å². The van der Waals surface area contributed by atoms with Gasteiger partial charge in [0.15, 0.2) is 13.2 Å². The minimum Gasteiger partial charge on any atom is -0.382 e. The van der Waals surface area contributed by atoms with Crippen molar-refractivity contribution < 1.29 is 20.1 Å². The highest BCUT2D eigenvalue weighted by Gasteiger charge is 2.55. The Labute approximate surface area is 60.4 Å². The van der Waals surface area contributed by atoms with Crippen molar-refractivity contribution in [1.82, 2.24) is 0 Å². The number of nitrogens with zero attached hydrogens (tertiary/aromatic N) is 2. The Morgan fingerprint density at radius 3 is 1.36 bits per heavy atom. The molecular weight excluding hydrogens is 160 g/mol. The third-order valence-corrected chi connectivity index (χ3v) is 1.19. The summed E-state index contributed by atoms with van der Waals surface area (Å²) < 4.78 is 0. The smallest absolute Gasteiger partial charge is 0.382 e. The lowest BCUT2D eigenvalue weighted by atomic mass is 10.2. The van der Waals surface area contributed by atoms with Gasteiger partial charge in [-0.2, -0.15) is 0 Å². The molecule has 0 bridgehead atoms. The van der Waals surface area contributed by atoms with Crippen LogP contribution >= 0.6 is 0 Å². The quantitative estimate of drug-likeness (QED) is 0.288. The molecule has 8 nitrogen and oxygen atoms in total. The fraction of sp³-hybridized carbons (Fsp3) is 1.00. The van der Waals surface area contributed by atoms with Crippen LogP contribution in [-0.2, 0) is 0 Å². The summed E-state index contributed by atoms with van der Waals surface area (Å²) in [6.45, 7) is -2.66. The zero-order valence-corrected chi connectivity index (χ0v) is 5.34. The van der Waals surface area contributed by atoms with Crippen molar-refractivity contribution in [3.05, 3.63) is 20.2 Å². The average molecular weight is 166 g/mol. The van der Waals surface area contributed by atoms with Crippen LogP contribution in [0.5, 0.6) is 0 Å². The monoisotopic (exact) mass is 166 g/mol. The van der Waals surface area contributed by atoms with Crippen molar-refractivity contribution in [3.63, 3.8) is 0 Å². The molecule has 64 valence electrons. The van der Waals surface area contributed by atoms with Crippen molar-refractivity contribution in [2.24, 2.45) is 0 Å². The Morgan fingerprint density at radius 2 is 1.36 bits per heavy atom.